The fraction of sp³-hybridized carbons (Fsp3) is 0.308. The van der Waals surface area contributed by atoms with E-state index in [-0.39, 0.29) is 17.5 Å². The molecule has 33 heavy (non-hydrogen) atoms. The summed E-state index contributed by atoms with van der Waals surface area (Å²) in [5.41, 5.74) is 3.34. The second-order valence-electron chi connectivity index (χ2n) is 6.64. The van der Waals surface area contributed by atoms with E-state index in [4.69, 9.17) is 16.7 Å². The normalized spacial score (nSPS) is 9.67. The van der Waals surface area contributed by atoms with Crippen molar-refractivity contribution in [3.63, 3.8) is 0 Å². The summed E-state index contributed by atoms with van der Waals surface area (Å²) in [4.78, 5) is 33.7. The van der Waals surface area contributed by atoms with Gasteiger partial charge in [0, 0.05) is 36.0 Å². The zero-order valence-corrected chi connectivity index (χ0v) is 20.8. The number of carboxylic acids is 1. The third-order valence-electron chi connectivity index (χ3n) is 4.55. The van der Waals surface area contributed by atoms with Gasteiger partial charge in [-0.25, -0.2) is 9.97 Å². The van der Waals surface area contributed by atoms with Crippen molar-refractivity contribution < 1.29 is 14.7 Å². The average Bonchev–Trinajstić information content (AvgIpc) is 2.84. The van der Waals surface area contributed by atoms with Crippen LogP contribution in [0.1, 0.15) is 60.7 Å². The Bertz CT molecular complexity index is 1020. The highest BCUT2D eigenvalue weighted by Gasteiger charge is 2.15. The van der Waals surface area contributed by atoms with Crippen molar-refractivity contribution in [1.29, 1.82) is 0 Å². The van der Waals surface area contributed by atoms with Crippen LogP contribution in [0.2, 0.25) is 5.15 Å². The number of halogens is 1. The van der Waals surface area contributed by atoms with Gasteiger partial charge in [0.2, 0.25) is 0 Å². The molecule has 0 aliphatic heterocycles. The molecule has 0 saturated carbocycles. The molecule has 0 saturated heterocycles. The number of carboxylic acid groups (broad SMARTS) is 1. The first-order valence-corrected chi connectivity index (χ1v) is 11.4. The van der Waals surface area contributed by atoms with Gasteiger partial charge in [0.1, 0.15) is 11.0 Å². The first-order valence-electron chi connectivity index (χ1n) is 11.0. The molecule has 0 bridgehead atoms. The van der Waals surface area contributed by atoms with Gasteiger partial charge < -0.3 is 10.0 Å². The van der Waals surface area contributed by atoms with Crippen molar-refractivity contribution in [1.82, 2.24) is 9.97 Å². The molecule has 0 spiro atoms. The maximum atomic E-state index is 12.6. The number of carbonyl (C=O) groups is 2. The molecule has 0 aliphatic rings. The van der Waals surface area contributed by atoms with Crippen LogP contribution in [0.3, 0.4) is 0 Å². The minimum Gasteiger partial charge on any atom is -0.481 e. The molecule has 176 valence electrons. The third-order valence-corrected chi connectivity index (χ3v) is 4.86. The van der Waals surface area contributed by atoms with E-state index in [9.17, 15) is 9.59 Å². The maximum absolute atomic E-state index is 12.6. The van der Waals surface area contributed by atoms with Crippen molar-refractivity contribution in [3.05, 3.63) is 88.0 Å². The summed E-state index contributed by atoms with van der Waals surface area (Å²) in [7, 11) is 1.73. The molecule has 2 aromatic carbocycles. The lowest BCUT2D eigenvalue weighted by Gasteiger charge is -2.18. The van der Waals surface area contributed by atoms with E-state index in [1.165, 1.54) is 0 Å². The predicted molar refractivity (Wildman–Crippen MR) is 134 cm³/mol. The number of aliphatic carboxylic acids is 1. The van der Waals surface area contributed by atoms with Gasteiger partial charge in [0.25, 0.3) is 5.91 Å². The van der Waals surface area contributed by atoms with E-state index in [0.29, 0.717) is 29.1 Å². The van der Waals surface area contributed by atoms with Crippen molar-refractivity contribution in [3.8, 4) is 0 Å². The molecule has 3 aromatic rings. The summed E-state index contributed by atoms with van der Waals surface area (Å²) in [6, 6.07) is 16.6. The highest BCUT2D eigenvalue weighted by Crippen LogP contribution is 2.21. The van der Waals surface area contributed by atoms with Gasteiger partial charge in [-0.1, -0.05) is 69.6 Å². The largest absolute Gasteiger partial charge is 0.481 e. The Morgan fingerprint density at radius 1 is 0.939 bits per heavy atom. The summed E-state index contributed by atoms with van der Waals surface area (Å²) in [5.74, 6) is -0.544. The first-order chi connectivity index (χ1) is 15.8. The van der Waals surface area contributed by atoms with E-state index in [1.54, 1.807) is 31.0 Å². The number of hydrogen-bond donors (Lipinski definition) is 1. The number of anilines is 1. The lowest BCUT2D eigenvalue weighted by molar-refractivity contribution is -0.136. The van der Waals surface area contributed by atoms with Gasteiger partial charge in [-0.3, -0.25) is 9.59 Å². The highest BCUT2D eigenvalue weighted by molar-refractivity contribution is 6.30. The predicted octanol–water partition coefficient (Wildman–Crippen LogP) is 5.99. The van der Waals surface area contributed by atoms with Crippen molar-refractivity contribution in [2.75, 3.05) is 11.9 Å². The molecule has 1 amide bonds. The Morgan fingerprint density at radius 2 is 1.52 bits per heavy atom. The number of nitrogens with zero attached hydrogens (tertiary/aromatic N) is 3. The lowest BCUT2D eigenvalue weighted by Crippen LogP contribution is -2.26. The summed E-state index contributed by atoms with van der Waals surface area (Å²) in [5, 5.41) is 9.13. The molecule has 0 aliphatic carbocycles. The minimum absolute atomic E-state index is 0.0851. The molecular weight excluding hydrogens is 438 g/mol. The monoisotopic (exact) mass is 469 g/mol. The number of rotatable bonds is 6. The third kappa shape index (κ3) is 7.99. The molecular formula is C26H32ClN3O3. The van der Waals surface area contributed by atoms with Crippen LogP contribution in [-0.4, -0.2) is 34.0 Å². The molecule has 1 N–H and O–H groups in total. The summed E-state index contributed by atoms with van der Waals surface area (Å²) in [6.07, 6.45) is 0.242. The summed E-state index contributed by atoms with van der Waals surface area (Å²) < 4.78 is 0. The zero-order valence-electron chi connectivity index (χ0n) is 20.1. The van der Waals surface area contributed by atoms with Gasteiger partial charge in [-0.15, -0.1) is 0 Å². The smallest absolute Gasteiger partial charge is 0.308 e. The molecule has 0 fully saturated rings. The van der Waals surface area contributed by atoms with E-state index < -0.39 is 5.97 Å². The fourth-order valence-corrected chi connectivity index (χ4v) is 3.26. The Balaban J connectivity index is 0.00000129. The second-order valence-corrected chi connectivity index (χ2v) is 7.00. The minimum atomic E-state index is -0.976. The molecule has 0 atom stereocenters. The SMILES string of the molecule is CC.CC.Cc1nc(Cc2ccc(N(C)C(=O)c3ccccc3)cc2)nc(Cl)c1CC(=O)O. The number of benzene rings is 2. The lowest BCUT2D eigenvalue weighted by atomic mass is 10.1. The fourth-order valence-electron chi connectivity index (χ4n) is 2.96. The number of aryl methyl sites for hydroxylation is 1. The van der Waals surface area contributed by atoms with Gasteiger partial charge in [0.05, 0.1) is 6.42 Å². The van der Waals surface area contributed by atoms with Crippen molar-refractivity contribution >= 4 is 29.2 Å². The van der Waals surface area contributed by atoms with E-state index in [0.717, 1.165) is 11.3 Å². The molecule has 7 heteroatoms. The maximum Gasteiger partial charge on any atom is 0.308 e. The number of amides is 1. The molecule has 3 rings (SSSR count). The first kappa shape index (κ1) is 27.8. The Hall–Kier alpha value is -3.25. The van der Waals surface area contributed by atoms with Crippen LogP contribution in [0.4, 0.5) is 5.69 Å². The molecule has 1 heterocycles. The Morgan fingerprint density at radius 3 is 2.03 bits per heavy atom. The van der Waals surface area contributed by atoms with Crippen LogP contribution in [0, 0.1) is 6.92 Å². The van der Waals surface area contributed by atoms with Crippen molar-refractivity contribution in [2.24, 2.45) is 0 Å². The number of hydrogen-bond acceptors (Lipinski definition) is 4. The quantitative estimate of drug-likeness (QED) is 0.448. The second kappa shape index (κ2) is 14.0. The van der Waals surface area contributed by atoms with Crippen molar-refractivity contribution in [2.45, 2.75) is 47.5 Å². The zero-order chi connectivity index (χ0) is 25.0. The van der Waals surface area contributed by atoms with E-state index in [1.807, 2.05) is 70.2 Å². The van der Waals surface area contributed by atoms with Gasteiger partial charge in [-0.2, -0.15) is 0 Å². The van der Waals surface area contributed by atoms with Crippen LogP contribution in [0.25, 0.3) is 0 Å². The van der Waals surface area contributed by atoms with Crippen LogP contribution < -0.4 is 4.90 Å². The van der Waals surface area contributed by atoms with Gasteiger partial charge in [-0.05, 0) is 36.8 Å². The summed E-state index contributed by atoms with van der Waals surface area (Å²) in [6.45, 7) is 9.72. The van der Waals surface area contributed by atoms with E-state index in [2.05, 4.69) is 9.97 Å². The van der Waals surface area contributed by atoms with Crippen LogP contribution in [-0.2, 0) is 17.6 Å². The highest BCUT2D eigenvalue weighted by atomic mass is 35.5. The molecule has 0 radical (unpaired) electrons. The van der Waals surface area contributed by atoms with Crippen LogP contribution >= 0.6 is 11.6 Å². The van der Waals surface area contributed by atoms with E-state index >= 15 is 0 Å². The van der Waals surface area contributed by atoms with Gasteiger partial charge >= 0.3 is 5.97 Å². The number of carbonyl (C=O) groups excluding carboxylic acids is 1. The van der Waals surface area contributed by atoms with Crippen LogP contribution in [0.15, 0.2) is 54.6 Å². The molecule has 6 nitrogen and oxygen atoms in total. The Kier molecular flexibility index (Phi) is 11.8. The van der Waals surface area contributed by atoms with Crippen LogP contribution in [0.5, 0.6) is 0 Å². The molecule has 0 unspecified atom stereocenters. The standard InChI is InChI=1S/C22H20ClN3O3.2C2H6/c1-14-18(13-20(27)28)21(23)25-19(24-14)12-15-8-10-17(11-9-15)26(2)22(29)16-6-4-3-5-7-16;2*1-2/h3-11H,12-13H2,1-2H3,(H,27,28);2*1-2H3. The molecule has 1 aromatic heterocycles. The van der Waals surface area contributed by atoms with Gasteiger partial charge in [0.15, 0.2) is 0 Å². The summed E-state index contributed by atoms with van der Waals surface area (Å²) >= 11 is 6.15. The average molecular weight is 470 g/mol. The number of aromatic nitrogens is 2. The topological polar surface area (TPSA) is 83.4 Å². The Labute approximate surface area is 201 Å².